The van der Waals surface area contributed by atoms with Crippen LogP contribution >= 0.6 is 11.3 Å². The lowest BCUT2D eigenvalue weighted by Crippen LogP contribution is -2.43. The maximum Gasteiger partial charge on any atom is 0.226 e. The summed E-state index contributed by atoms with van der Waals surface area (Å²) in [4.78, 5) is 16.7. The Balaban J connectivity index is 1.94. The Labute approximate surface area is 153 Å². The van der Waals surface area contributed by atoms with Gasteiger partial charge in [0.25, 0.3) is 0 Å². The molecule has 2 aromatic rings. The van der Waals surface area contributed by atoms with E-state index in [-0.39, 0.29) is 23.7 Å². The second-order valence-electron chi connectivity index (χ2n) is 6.78. The Hall–Kier alpha value is -1.68. The molecule has 0 bridgehead atoms. The second kappa shape index (κ2) is 8.13. The van der Waals surface area contributed by atoms with E-state index in [0.29, 0.717) is 0 Å². The van der Waals surface area contributed by atoms with Crippen molar-refractivity contribution < 1.29 is 9.18 Å². The van der Waals surface area contributed by atoms with E-state index in [0.717, 1.165) is 44.2 Å². The summed E-state index contributed by atoms with van der Waals surface area (Å²) in [7, 11) is 0. The number of nitrogens with zero attached hydrogens (tertiary/aromatic N) is 1. The molecule has 2 nitrogen and oxygen atoms in total. The zero-order chi connectivity index (χ0) is 17.8. The summed E-state index contributed by atoms with van der Waals surface area (Å²) in [5.41, 5.74) is 2.21. The van der Waals surface area contributed by atoms with E-state index in [4.69, 9.17) is 0 Å². The summed E-state index contributed by atoms with van der Waals surface area (Å²) in [6.07, 6.45) is 4.94. The molecule has 1 amide bonds. The van der Waals surface area contributed by atoms with Crippen molar-refractivity contribution in [2.75, 3.05) is 6.54 Å². The van der Waals surface area contributed by atoms with E-state index in [9.17, 15) is 9.18 Å². The minimum absolute atomic E-state index is 0.0845. The third-order valence-corrected chi connectivity index (χ3v) is 6.18. The monoisotopic (exact) mass is 359 g/mol. The van der Waals surface area contributed by atoms with Gasteiger partial charge in [-0.1, -0.05) is 38.8 Å². The highest BCUT2D eigenvalue weighted by Crippen LogP contribution is 2.39. The van der Waals surface area contributed by atoms with E-state index in [1.807, 2.05) is 17.0 Å². The fourth-order valence-corrected chi connectivity index (χ4v) is 4.65. The maximum atomic E-state index is 13.4. The molecule has 1 aliphatic heterocycles. The van der Waals surface area contributed by atoms with Crippen LogP contribution in [0.25, 0.3) is 0 Å². The fourth-order valence-electron chi connectivity index (χ4n) is 3.75. The number of hydrogen-bond acceptors (Lipinski definition) is 2. The standard InChI is InChI=1S/C21H26FNOS/c1-3-5-6-15(4-2)21(24)23-13-11-19-18(12-14-25-19)20(23)16-7-9-17(22)10-8-16/h7-10,12,14-15,20H,3-6,11,13H2,1-2H3/t15-,20+/m1/s1. The molecule has 0 unspecified atom stereocenters. The number of thiophene rings is 1. The first-order valence-corrected chi connectivity index (χ1v) is 10.2. The quantitative estimate of drug-likeness (QED) is 0.659. The summed E-state index contributed by atoms with van der Waals surface area (Å²) in [5, 5.41) is 2.10. The maximum absolute atomic E-state index is 13.4. The Morgan fingerprint density at radius 3 is 2.72 bits per heavy atom. The lowest BCUT2D eigenvalue weighted by atomic mass is 9.90. The average molecular weight is 360 g/mol. The molecule has 0 N–H and O–H groups in total. The van der Waals surface area contributed by atoms with Crippen LogP contribution in [0.2, 0.25) is 0 Å². The Bertz CT molecular complexity index is 709. The van der Waals surface area contributed by atoms with E-state index in [1.54, 1.807) is 11.3 Å². The molecule has 134 valence electrons. The van der Waals surface area contributed by atoms with E-state index < -0.39 is 0 Å². The van der Waals surface area contributed by atoms with Crippen LogP contribution in [-0.2, 0) is 11.2 Å². The van der Waals surface area contributed by atoms with Gasteiger partial charge in [0.05, 0.1) is 6.04 Å². The molecular formula is C21H26FNOS. The molecule has 1 aromatic carbocycles. The molecule has 1 aromatic heterocycles. The highest BCUT2D eigenvalue weighted by molar-refractivity contribution is 7.10. The zero-order valence-corrected chi connectivity index (χ0v) is 15.8. The molecule has 4 heteroatoms. The Kier molecular flexibility index (Phi) is 5.89. The van der Waals surface area contributed by atoms with E-state index in [1.165, 1.54) is 22.6 Å². The van der Waals surface area contributed by atoms with Gasteiger partial charge in [-0.05, 0) is 54.0 Å². The second-order valence-corrected chi connectivity index (χ2v) is 7.78. The first kappa shape index (κ1) is 18.1. The number of carbonyl (C=O) groups excluding carboxylic acids is 1. The number of fused-ring (bicyclic) bond motifs is 1. The van der Waals surface area contributed by atoms with Crippen LogP contribution in [0.15, 0.2) is 35.7 Å². The molecule has 0 aliphatic carbocycles. The van der Waals surface area contributed by atoms with Crippen LogP contribution in [0, 0.1) is 11.7 Å². The van der Waals surface area contributed by atoms with Crippen LogP contribution in [0.3, 0.4) is 0 Å². The fraction of sp³-hybridized carbons (Fsp3) is 0.476. The van der Waals surface area contributed by atoms with E-state index in [2.05, 4.69) is 25.3 Å². The van der Waals surface area contributed by atoms with Crippen LogP contribution < -0.4 is 0 Å². The minimum atomic E-state index is -0.239. The highest BCUT2D eigenvalue weighted by Gasteiger charge is 2.35. The lowest BCUT2D eigenvalue weighted by molar-refractivity contribution is -0.138. The summed E-state index contributed by atoms with van der Waals surface area (Å²) >= 11 is 1.76. The lowest BCUT2D eigenvalue weighted by Gasteiger charge is -2.38. The van der Waals surface area contributed by atoms with Crippen molar-refractivity contribution in [3.05, 3.63) is 57.5 Å². The van der Waals surface area contributed by atoms with Crippen molar-refractivity contribution >= 4 is 17.2 Å². The first-order valence-electron chi connectivity index (χ1n) is 9.27. The van der Waals surface area contributed by atoms with Crippen molar-refractivity contribution in [1.82, 2.24) is 4.90 Å². The molecular weight excluding hydrogens is 333 g/mol. The van der Waals surface area contributed by atoms with Gasteiger partial charge in [-0.3, -0.25) is 4.79 Å². The molecule has 0 radical (unpaired) electrons. The van der Waals surface area contributed by atoms with Gasteiger partial charge in [-0.15, -0.1) is 11.3 Å². The molecule has 25 heavy (non-hydrogen) atoms. The van der Waals surface area contributed by atoms with Crippen molar-refractivity contribution in [2.24, 2.45) is 5.92 Å². The third-order valence-electron chi connectivity index (χ3n) is 5.18. The summed E-state index contributed by atoms with van der Waals surface area (Å²) in [6.45, 7) is 5.01. The van der Waals surface area contributed by atoms with Crippen LogP contribution in [0.5, 0.6) is 0 Å². The van der Waals surface area contributed by atoms with E-state index >= 15 is 0 Å². The molecule has 0 saturated carbocycles. The van der Waals surface area contributed by atoms with Gasteiger partial charge < -0.3 is 4.90 Å². The van der Waals surface area contributed by atoms with Gasteiger partial charge >= 0.3 is 0 Å². The molecule has 3 rings (SSSR count). The SMILES string of the molecule is CCCC[C@@H](CC)C(=O)N1CCc2sccc2[C@@H]1c1ccc(F)cc1. The number of hydrogen-bond donors (Lipinski definition) is 0. The summed E-state index contributed by atoms with van der Waals surface area (Å²) in [5.74, 6) is 0.0996. The zero-order valence-electron chi connectivity index (χ0n) is 15.0. The molecule has 2 atom stereocenters. The van der Waals surface area contributed by atoms with Crippen LogP contribution in [-0.4, -0.2) is 17.4 Å². The van der Waals surface area contributed by atoms with Gasteiger partial charge in [-0.2, -0.15) is 0 Å². The van der Waals surface area contributed by atoms with Crippen molar-refractivity contribution in [1.29, 1.82) is 0 Å². The smallest absolute Gasteiger partial charge is 0.226 e. The molecule has 0 fully saturated rings. The third kappa shape index (κ3) is 3.79. The van der Waals surface area contributed by atoms with Gasteiger partial charge in [0.1, 0.15) is 5.82 Å². The molecule has 0 saturated heterocycles. The number of carbonyl (C=O) groups is 1. The minimum Gasteiger partial charge on any atom is -0.331 e. The van der Waals surface area contributed by atoms with Crippen molar-refractivity contribution in [3.63, 3.8) is 0 Å². The molecule has 0 spiro atoms. The van der Waals surface area contributed by atoms with Gasteiger partial charge in [0.2, 0.25) is 5.91 Å². The van der Waals surface area contributed by atoms with Crippen molar-refractivity contribution in [3.8, 4) is 0 Å². The highest BCUT2D eigenvalue weighted by atomic mass is 32.1. The predicted molar refractivity (Wildman–Crippen MR) is 101 cm³/mol. The Morgan fingerprint density at radius 1 is 1.28 bits per heavy atom. The number of amides is 1. The number of unbranched alkanes of at least 4 members (excludes halogenated alkanes) is 1. The first-order chi connectivity index (χ1) is 12.2. The predicted octanol–water partition coefficient (Wildman–Crippen LogP) is 5.58. The van der Waals surface area contributed by atoms with Crippen molar-refractivity contribution in [2.45, 2.75) is 52.0 Å². The van der Waals surface area contributed by atoms with Crippen LogP contribution in [0.1, 0.15) is 61.6 Å². The summed E-state index contributed by atoms with van der Waals surface area (Å²) < 4.78 is 13.4. The normalized spacial score (nSPS) is 18.0. The average Bonchev–Trinajstić information content (AvgIpc) is 3.11. The van der Waals surface area contributed by atoms with Gasteiger partial charge in [-0.25, -0.2) is 4.39 Å². The number of rotatable bonds is 6. The molecule has 1 aliphatic rings. The van der Waals surface area contributed by atoms with Gasteiger partial charge in [0.15, 0.2) is 0 Å². The Morgan fingerprint density at radius 2 is 2.04 bits per heavy atom. The topological polar surface area (TPSA) is 20.3 Å². The van der Waals surface area contributed by atoms with Crippen LogP contribution in [0.4, 0.5) is 4.39 Å². The summed E-state index contributed by atoms with van der Waals surface area (Å²) in [6, 6.07) is 8.67. The number of benzene rings is 1. The number of halogens is 1. The largest absolute Gasteiger partial charge is 0.331 e. The van der Waals surface area contributed by atoms with Gasteiger partial charge in [0, 0.05) is 17.3 Å². The molecule has 2 heterocycles.